The van der Waals surface area contributed by atoms with Gasteiger partial charge in [-0.15, -0.1) is 5.10 Å². The summed E-state index contributed by atoms with van der Waals surface area (Å²) in [6.45, 7) is 4.66. The molecule has 0 fully saturated rings. The third kappa shape index (κ3) is 3.44. The number of nitrogens with zero attached hydrogens (tertiary/aromatic N) is 5. The van der Waals surface area contributed by atoms with E-state index in [0.717, 1.165) is 22.6 Å². The molecule has 0 atom stereocenters. The van der Waals surface area contributed by atoms with Crippen LogP contribution in [0.25, 0.3) is 23.0 Å². The van der Waals surface area contributed by atoms with Gasteiger partial charge in [0.05, 0.1) is 19.3 Å². The molecule has 0 saturated heterocycles. The lowest BCUT2D eigenvalue weighted by Crippen LogP contribution is -2.04. The fourth-order valence-corrected chi connectivity index (χ4v) is 2.75. The number of rotatable bonds is 5. The molecule has 0 N–H and O–H groups in total. The van der Waals surface area contributed by atoms with Gasteiger partial charge < -0.3 is 9.26 Å². The maximum atomic E-state index is 5.40. The van der Waals surface area contributed by atoms with Gasteiger partial charge in [-0.3, -0.25) is 0 Å². The van der Waals surface area contributed by atoms with Crippen molar-refractivity contribution in [3.05, 3.63) is 65.4 Å². The quantitative estimate of drug-likeness (QED) is 0.540. The summed E-state index contributed by atoms with van der Waals surface area (Å²) in [7, 11) is 1.63. The molecule has 27 heavy (non-hydrogen) atoms. The summed E-state index contributed by atoms with van der Waals surface area (Å²) in [5.74, 6) is 1.63. The van der Waals surface area contributed by atoms with Gasteiger partial charge in [-0.05, 0) is 43.7 Å². The summed E-state index contributed by atoms with van der Waals surface area (Å²) in [6, 6.07) is 15.8. The van der Waals surface area contributed by atoms with E-state index in [1.807, 2.05) is 35.9 Å². The Morgan fingerprint density at radius 1 is 1.00 bits per heavy atom. The van der Waals surface area contributed by atoms with Crippen LogP contribution in [-0.2, 0) is 6.54 Å². The van der Waals surface area contributed by atoms with E-state index in [4.69, 9.17) is 9.26 Å². The second-order valence-electron chi connectivity index (χ2n) is 6.32. The summed E-state index contributed by atoms with van der Waals surface area (Å²) in [6.07, 6.45) is 0. The minimum Gasteiger partial charge on any atom is -0.497 e. The van der Waals surface area contributed by atoms with Crippen molar-refractivity contribution in [2.24, 2.45) is 0 Å². The van der Waals surface area contributed by atoms with Gasteiger partial charge in [-0.25, -0.2) is 4.68 Å². The Balaban J connectivity index is 1.58. The molecular weight excluding hydrogens is 342 g/mol. The minimum atomic E-state index is 0.425. The van der Waals surface area contributed by atoms with E-state index in [2.05, 4.69) is 51.6 Å². The van der Waals surface area contributed by atoms with Crippen LogP contribution >= 0.6 is 0 Å². The summed E-state index contributed by atoms with van der Waals surface area (Å²) in [5.41, 5.74) is 4.71. The first-order valence-electron chi connectivity index (χ1n) is 8.58. The molecule has 0 spiro atoms. The SMILES string of the molecule is COc1ccc(-c2nc(-c3nnn(Cc4ccc(C)cc4)c3C)no2)cc1. The van der Waals surface area contributed by atoms with Crippen LogP contribution < -0.4 is 4.74 Å². The minimum absolute atomic E-state index is 0.425. The maximum Gasteiger partial charge on any atom is 0.258 e. The average Bonchev–Trinajstić information content (AvgIpc) is 3.31. The average molecular weight is 361 g/mol. The Morgan fingerprint density at radius 3 is 2.44 bits per heavy atom. The molecule has 7 nitrogen and oxygen atoms in total. The van der Waals surface area contributed by atoms with E-state index >= 15 is 0 Å². The van der Waals surface area contributed by atoms with Gasteiger partial charge in [0.1, 0.15) is 5.75 Å². The first-order chi connectivity index (χ1) is 13.1. The number of ether oxygens (including phenoxy) is 1. The molecule has 4 aromatic rings. The van der Waals surface area contributed by atoms with Crippen molar-refractivity contribution in [2.45, 2.75) is 20.4 Å². The van der Waals surface area contributed by atoms with Crippen molar-refractivity contribution in [3.8, 4) is 28.7 Å². The molecule has 0 aliphatic rings. The van der Waals surface area contributed by atoms with E-state index in [0.29, 0.717) is 24.0 Å². The lowest BCUT2D eigenvalue weighted by atomic mass is 10.1. The molecule has 7 heteroatoms. The molecule has 0 aliphatic carbocycles. The van der Waals surface area contributed by atoms with Crippen LogP contribution in [0.2, 0.25) is 0 Å². The van der Waals surface area contributed by atoms with Crippen molar-refractivity contribution in [1.29, 1.82) is 0 Å². The number of hydrogen-bond acceptors (Lipinski definition) is 6. The lowest BCUT2D eigenvalue weighted by molar-refractivity contribution is 0.414. The fraction of sp³-hybridized carbons (Fsp3) is 0.200. The monoisotopic (exact) mass is 361 g/mol. The van der Waals surface area contributed by atoms with Crippen LogP contribution in [0.15, 0.2) is 53.1 Å². The van der Waals surface area contributed by atoms with Gasteiger partial charge in [0.25, 0.3) is 5.89 Å². The molecule has 0 saturated carbocycles. The zero-order valence-corrected chi connectivity index (χ0v) is 15.4. The Labute approximate surface area is 156 Å². The first-order valence-corrected chi connectivity index (χ1v) is 8.58. The van der Waals surface area contributed by atoms with Gasteiger partial charge in [-0.1, -0.05) is 40.2 Å². The molecule has 0 aliphatic heterocycles. The Hall–Kier alpha value is -3.48. The summed E-state index contributed by atoms with van der Waals surface area (Å²) >= 11 is 0. The first kappa shape index (κ1) is 17.0. The van der Waals surface area contributed by atoms with Crippen LogP contribution in [0.1, 0.15) is 16.8 Å². The highest BCUT2D eigenvalue weighted by atomic mass is 16.5. The third-order valence-corrected chi connectivity index (χ3v) is 4.41. The van der Waals surface area contributed by atoms with E-state index in [-0.39, 0.29) is 0 Å². The molecule has 4 rings (SSSR count). The highest BCUT2D eigenvalue weighted by Gasteiger charge is 2.18. The zero-order valence-electron chi connectivity index (χ0n) is 15.4. The Bertz CT molecular complexity index is 1050. The molecule has 0 unspecified atom stereocenters. The van der Waals surface area contributed by atoms with Crippen LogP contribution in [0.5, 0.6) is 5.75 Å². The lowest BCUT2D eigenvalue weighted by Gasteiger charge is -2.04. The zero-order chi connectivity index (χ0) is 18.8. The van der Waals surface area contributed by atoms with Crippen LogP contribution in [0.3, 0.4) is 0 Å². The van der Waals surface area contributed by atoms with Crippen molar-refractivity contribution in [2.75, 3.05) is 7.11 Å². The molecule has 0 bridgehead atoms. The topological polar surface area (TPSA) is 78.9 Å². The number of benzene rings is 2. The smallest absolute Gasteiger partial charge is 0.258 e. The van der Waals surface area contributed by atoms with Crippen molar-refractivity contribution < 1.29 is 9.26 Å². The molecule has 136 valence electrons. The maximum absolute atomic E-state index is 5.40. The molecule has 0 radical (unpaired) electrons. The normalized spacial score (nSPS) is 10.9. The summed E-state index contributed by atoms with van der Waals surface area (Å²) in [5, 5.41) is 12.6. The van der Waals surface area contributed by atoms with Crippen molar-refractivity contribution in [1.82, 2.24) is 25.1 Å². The number of aromatic nitrogens is 5. The third-order valence-electron chi connectivity index (χ3n) is 4.41. The fourth-order valence-electron chi connectivity index (χ4n) is 2.75. The second kappa shape index (κ2) is 7.03. The largest absolute Gasteiger partial charge is 0.497 e. The van der Waals surface area contributed by atoms with Gasteiger partial charge >= 0.3 is 0 Å². The Morgan fingerprint density at radius 2 is 1.74 bits per heavy atom. The predicted octanol–water partition coefficient (Wildman–Crippen LogP) is 3.67. The van der Waals surface area contributed by atoms with Gasteiger partial charge in [0, 0.05) is 5.56 Å². The highest BCUT2D eigenvalue weighted by molar-refractivity contribution is 5.59. The molecular formula is C20H19N5O2. The Kier molecular flexibility index (Phi) is 4.42. The summed E-state index contributed by atoms with van der Waals surface area (Å²) in [4.78, 5) is 4.46. The number of aryl methyl sites for hydroxylation is 1. The second-order valence-corrected chi connectivity index (χ2v) is 6.32. The van der Waals surface area contributed by atoms with E-state index in [9.17, 15) is 0 Å². The van der Waals surface area contributed by atoms with Crippen LogP contribution in [0, 0.1) is 13.8 Å². The van der Waals surface area contributed by atoms with Crippen LogP contribution in [-0.4, -0.2) is 32.2 Å². The molecule has 2 aromatic heterocycles. The summed E-state index contributed by atoms with van der Waals surface area (Å²) < 4.78 is 12.4. The molecule has 0 amide bonds. The molecule has 2 heterocycles. The molecule has 2 aromatic carbocycles. The van der Waals surface area contributed by atoms with Crippen LogP contribution in [0.4, 0.5) is 0 Å². The van der Waals surface area contributed by atoms with E-state index in [1.165, 1.54) is 5.56 Å². The van der Waals surface area contributed by atoms with Crippen molar-refractivity contribution in [3.63, 3.8) is 0 Å². The number of methoxy groups -OCH3 is 1. The predicted molar refractivity (Wildman–Crippen MR) is 100 cm³/mol. The standard InChI is InChI=1S/C20H19N5O2/c1-13-4-6-15(7-5-13)12-25-14(2)18(22-24-25)19-21-20(27-23-19)16-8-10-17(26-3)11-9-16/h4-11H,12H2,1-3H3. The van der Waals surface area contributed by atoms with Gasteiger partial charge in [0.2, 0.25) is 5.82 Å². The highest BCUT2D eigenvalue weighted by Crippen LogP contribution is 2.24. The van der Waals surface area contributed by atoms with E-state index in [1.54, 1.807) is 7.11 Å². The van der Waals surface area contributed by atoms with Gasteiger partial charge in [-0.2, -0.15) is 4.98 Å². The number of hydrogen-bond donors (Lipinski definition) is 0. The van der Waals surface area contributed by atoms with Gasteiger partial charge in [0.15, 0.2) is 5.69 Å². The van der Waals surface area contributed by atoms with Crippen molar-refractivity contribution >= 4 is 0 Å². The van der Waals surface area contributed by atoms with E-state index < -0.39 is 0 Å².